The monoisotopic (exact) mass is 225 g/mol. The summed E-state index contributed by atoms with van der Waals surface area (Å²) in [6.07, 6.45) is 0. The second-order valence-corrected chi connectivity index (χ2v) is 3.85. The first-order chi connectivity index (χ1) is 7.36. The molecule has 0 aromatic heterocycles. The van der Waals surface area contributed by atoms with Gasteiger partial charge >= 0.3 is 5.97 Å². The SMILES string of the molecule is C=C(C)C(=O)NCCOC(=O)C(=C)C(C)C. The molecule has 0 unspecified atom stereocenters. The molecule has 0 bridgehead atoms. The zero-order valence-electron chi connectivity index (χ0n) is 10.1. The van der Waals surface area contributed by atoms with E-state index in [4.69, 9.17) is 4.74 Å². The molecule has 0 saturated carbocycles. The Balaban J connectivity index is 3.76. The Hall–Kier alpha value is -1.58. The average Bonchev–Trinajstić information content (AvgIpc) is 2.22. The molecule has 1 N–H and O–H groups in total. The van der Waals surface area contributed by atoms with Gasteiger partial charge in [-0.15, -0.1) is 0 Å². The summed E-state index contributed by atoms with van der Waals surface area (Å²) in [6, 6.07) is 0. The molecule has 0 aliphatic heterocycles. The molecule has 4 nitrogen and oxygen atoms in total. The quantitative estimate of drug-likeness (QED) is 0.422. The van der Waals surface area contributed by atoms with Crippen LogP contribution >= 0.6 is 0 Å². The maximum Gasteiger partial charge on any atom is 0.333 e. The van der Waals surface area contributed by atoms with Crippen LogP contribution in [0, 0.1) is 5.92 Å². The predicted octanol–water partition coefficient (Wildman–Crippen LogP) is 1.43. The highest BCUT2D eigenvalue weighted by atomic mass is 16.5. The van der Waals surface area contributed by atoms with E-state index in [1.165, 1.54) is 0 Å². The van der Waals surface area contributed by atoms with Crippen LogP contribution in [0.1, 0.15) is 20.8 Å². The minimum Gasteiger partial charge on any atom is -0.460 e. The van der Waals surface area contributed by atoms with Crippen molar-refractivity contribution < 1.29 is 14.3 Å². The zero-order valence-corrected chi connectivity index (χ0v) is 10.1. The number of nitrogens with one attached hydrogen (secondary N) is 1. The Morgan fingerprint density at radius 2 is 1.88 bits per heavy atom. The van der Waals surface area contributed by atoms with Crippen LogP contribution in [0.5, 0.6) is 0 Å². The van der Waals surface area contributed by atoms with E-state index in [1.54, 1.807) is 6.92 Å². The van der Waals surface area contributed by atoms with Gasteiger partial charge in [0.05, 0.1) is 6.54 Å². The summed E-state index contributed by atoms with van der Waals surface area (Å²) in [5.41, 5.74) is 0.865. The Morgan fingerprint density at radius 1 is 1.31 bits per heavy atom. The molecule has 0 aliphatic rings. The Bertz CT molecular complexity index is 305. The number of carbonyl (C=O) groups excluding carboxylic acids is 2. The fraction of sp³-hybridized carbons (Fsp3) is 0.500. The highest BCUT2D eigenvalue weighted by Crippen LogP contribution is 2.07. The fourth-order valence-corrected chi connectivity index (χ4v) is 0.788. The van der Waals surface area contributed by atoms with Crippen molar-refractivity contribution in [3.63, 3.8) is 0 Å². The Morgan fingerprint density at radius 3 is 2.31 bits per heavy atom. The number of rotatable bonds is 6. The summed E-state index contributed by atoms with van der Waals surface area (Å²) in [7, 11) is 0. The van der Waals surface area contributed by atoms with Gasteiger partial charge in [0, 0.05) is 11.1 Å². The maximum absolute atomic E-state index is 11.3. The van der Waals surface area contributed by atoms with E-state index in [1.807, 2.05) is 13.8 Å². The molecule has 0 aromatic carbocycles. The van der Waals surface area contributed by atoms with Gasteiger partial charge in [0.15, 0.2) is 0 Å². The van der Waals surface area contributed by atoms with Crippen LogP contribution < -0.4 is 5.32 Å². The van der Waals surface area contributed by atoms with Gasteiger partial charge in [0.2, 0.25) is 5.91 Å². The molecule has 0 rings (SSSR count). The number of hydrogen-bond donors (Lipinski definition) is 1. The molecular weight excluding hydrogens is 206 g/mol. The summed E-state index contributed by atoms with van der Waals surface area (Å²) < 4.78 is 4.91. The van der Waals surface area contributed by atoms with Crippen LogP contribution in [0.4, 0.5) is 0 Å². The van der Waals surface area contributed by atoms with Crippen molar-refractivity contribution in [3.05, 3.63) is 24.3 Å². The predicted molar refractivity (Wildman–Crippen MR) is 62.8 cm³/mol. The van der Waals surface area contributed by atoms with Crippen molar-refractivity contribution >= 4 is 11.9 Å². The first-order valence-electron chi connectivity index (χ1n) is 5.16. The van der Waals surface area contributed by atoms with Crippen molar-refractivity contribution in [2.75, 3.05) is 13.2 Å². The fourth-order valence-electron chi connectivity index (χ4n) is 0.788. The molecule has 0 aliphatic carbocycles. The van der Waals surface area contributed by atoms with Gasteiger partial charge in [-0.2, -0.15) is 0 Å². The van der Waals surface area contributed by atoms with Gasteiger partial charge in [0.1, 0.15) is 6.61 Å². The number of carbonyl (C=O) groups is 2. The topological polar surface area (TPSA) is 55.4 Å². The van der Waals surface area contributed by atoms with E-state index in [9.17, 15) is 9.59 Å². The lowest BCUT2D eigenvalue weighted by molar-refractivity contribution is -0.139. The first-order valence-corrected chi connectivity index (χ1v) is 5.16. The largest absolute Gasteiger partial charge is 0.460 e. The second kappa shape index (κ2) is 6.82. The van der Waals surface area contributed by atoms with E-state index in [0.717, 1.165) is 0 Å². The summed E-state index contributed by atoms with van der Waals surface area (Å²) in [6.45, 7) is 12.9. The van der Waals surface area contributed by atoms with Crippen molar-refractivity contribution in [3.8, 4) is 0 Å². The Kier molecular flexibility index (Phi) is 6.15. The molecule has 0 atom stereocenters. The third-order valence-corrected chi connectivity index (χ3v) is 1.97. The van der Waals surface area contributed by atoms with Crippen LogP contribution in [0.3, 0.4) is 0 Å². The summed E-state index contributed by atoms with van der Waals surface area (Å²) >= 11 is 0. The van der Waals surface area contributed by atoms with Gasteiger partial charge < -0.3 is 10.1 Å². The van der Waals surface area contributed by atoms with E-state index < -0.39 is 5.97 Å². The highest BCUT2D eigenvalue weighted by Gasteiger charge is 2.11. The summed E-state index contributed by atoms with van der Waals surface area (Å²) in [5.74, 6) is -0.587. The Labute approximate surface area is 96.4 Å². The van der Waals surface area contributed by atoms with E-state index in [-0.39, 0.29) is 25.0 Å². The third-order valence-electron chi connectivity index (χ3n) is 1.97. The smallest absolute Gasteiger partial charge is 0.333 e. The number of hydrogen-bond acceptors (Lipinski definition) is 3. The van der Waals surface area contributed by atoms with E-state index >= 15 is 0 Å². The van der Waals surface area contributed by atoms with Crippen molar-refractivity contribution in [2.24, 2.45) is 5.92 Å². The lowest BCUT2D eigenvalue weighted by atomic mass is 10.1. The lowest BCUT2D eigenvalue weighted by Gasteiger charge is -2.10. The molecule has 90 valence electrons. The lowest BCUT2D eigenvalue weighted by Crippen LogP contribution is -2.28. The first kappa shape index (κ1) is 14.4. The molecule has 1 amide bonds. The molecule has 4 heteroatoms. The van der Waals surface area contributed by atoms with Crippen LogP contribution in [0.25, 0.3) is 0 Å². The van der Waals surface area contributed by atoms with Crippen molar-refractivity contribution in [1.29, 1.82) is 0 Å². The van der Waals surface area contributed by atoms with Gasteiger partial charge in [-0.25, -0.2) is 4.79 Å². The van der Waals surface area contributed by atoms with Crippen LogP contribution in [-0.4, -0.2) is 25.0 Å². The van der Waals surface area contributed by atoms with Gasteiger partial charge in [-0.1, -0.05) is 27.0 Å². The molecule has 0 radical (unpaired) electrons. The van der Waals surface area contributed by atoms with Gasteiger partial charge in [0.25, 0.3) is 0 Å². The van der Waals surface area contributed by atoms with Crippen LogP contribution in [-0.2, 0) is 14.3 Å². The van der Waals surface area contributed by atoms with Gasteiger partial charge in [-0.3, -0.25) is 4.79 Å². The second-order valence-electron chi connectivity index (χ2n) is 3.85. The summed E-state index contributed by atoms with van der Waals surface area (Å²) in [5, 5.41) is 2.56. The zero-order chi connectivity index (χ0) is 12.7. The molecule has 0 spiro atoms. The third kappa shape index (κ3) is 5.34. The van der Waals surface area contributed by atoms with E-state index in [2.05, 4.69) is 18.5 Å². The van der Waals surface area contributed by atoms with Crippen LogP contribution in [0.15, 0.2) is 24.3 Å². The van der Waals surface area contributed by atoms with Crippen molar-refractivity contribution in [2.45, 2.75) is 20.8 Å². The number of ether oxygens (including phenoxy) is 1. The molecule has 0 fully saturated rings. The highest BCUT2D eigenvalue weighted by molar-refractivity contribution is 5.92. The van der Waals surface area contributed by atoms with Gasteiger partial charge in [-0.05, 0) is 12.8 Å². The molecular formula is C12H19NO3. The normalized spacial score (nSPS) is 9.75. The van der Waals surface area contributed by atoms with Crippen LogP contribution in [0.2, 0.25) is 0 Å². The minimum atomic E-state index is -0.417. The standard InChI is InChI=1S/C12H19NO3/c1-8(2)10(5)12(15)16-7-6-13-11(14)9(3)4/h8H,3,5-7H2,1-2,4H3,(H,13,14). The molecule has 0 saturated heterocycles. The van der Waals surface area contributed by atoms with Crippen molar-refractivity contribution in [1.82, 2.24) is 5.32 Å². The number of esters is 1. The molecule has 0 heterocycles. The maximum atomic E-state index is 11.3. The summed E-state index contributed by atoms with van der Waals surface area (Å²) in [4.78, 5) is 22.4. The van der Waals surface area contributed by atoms with E-state index in [0.29, 0.717) is 11.1 Å². The molecule has 16 heavy (non-hydrogen) atoms. The molecule has 0 aromatic rings. The number of amides is 1. The minimum absolute atomic E-state index is 0.0671. The average molecular weight is 225 g/mol.